The topological polar surface area (TPSA) is 36.4 Å². The number of nitrogens with zero attached hydrogens (tertiary/aromatic N) is 1. The van der Waals surface area contributed by atoms with Crippen LogP contribution in [0.1, 0.15) is 36.8 Å². The summed E-state index contributed by atoms with van der Waals surface area (Å²) in [4.78, 5) is 3.80. The average Bonchev–Trinajstić information content (AvgIpc) is 2.51. The summed E-state index contributed by atoms with van der Waals surface area (Å²) < 4.78 is 74.4. The minimum Gasteiger partial charge on any atom is -0.356 e. The first-order chi connectivity index (χ1) is 11.5. The highest BCUT2D eigenvalue weighted by atomic mass is 19.4. The fourth-order valence-corrected chi connectivity index (χ4v) is 2.14. The molecular formula is C16H21F6N3. The summed E-state index contributed by atoms with van der Waals surface area (Å²) in [6, 6.07) is 5.11. The van der Waals surface area contributed by atoms with Crippen molar-refractivity contribution in [2.75, 3.05) is 20.1 Å². The first-order valence-electron chi connectivity index (χ1n) is 7.71. The predicted octanol–water partition coefficient (Wildman–Crippen LogP) is 4.32. The molecule has 142 valence electrons. The standard InChI is InChI=1S/C16H21F6N3/c1-11(12-4-3-5-13(10-12)16(20,21)22)6-8-24-14(23-2)25-9-7-15(17,18)19/h3-5,10-11H,6-9H2,1-2H3,(H2,23,24,25). The Balaban J connectivity index is 2.47. The van der Waals surface area contributed by atoms with Crippen LogP contribution >= 0.6 is 0 Å². The molecular weight excluding hydrogens is 348 g/mol. The third-order valence-corrected chi connectivity index (χ3v) is 3.58. The van der Waals surface area contributed by atoms with Gasteiger partial charge < -0.3 is 10.6 Å². The predicted molar refractivity (Wildman–Crippen MR) is 84.5 cm³/mol. The number of hydrogen-bond acceptors (Lipinski definition) is 1. The number of alkyl halides is 6. The normalized spacial score (nSPS) is 14.3. The molecule has 0 aliphatic carbocycles. The summed E-state index contributed by atoms with van der Waals surface area (Å²) in [6.07, 6.45) is -9.11. The van der Waals surface area contributed by atoms with Crippen LogP contribution in [0, 0.1) is 0 Å². The first kappa shape index (κ1) is 21.1. The molecule has 0 heterocycles. The molecule has 1 rings (SSSR count). The monoisotopic (exact) mass is 369 g/mol. The van der Waals surface area contributed by atoms with Gasteiger partial charge in [-0.2, -0.15) is 26.3 Å². The van der Waals surface area contributed by atoms with Crippen molar-refractivity contribution in [3.05, 3.63) is 35.4 Å². The summed E-state index contributed by atoms with van der Waals surface area (Å²) >= 11 is 0. The summed E-state index contributed by atoms with van der Waals surface area (Å²) in [6.45, 7) is 1.85. The SMILES string of the molecule is CN=C(NCCC(C)c1cccc(C(F)(F)F)c1)NCCC(F)(F)F. The quantitative estimate of drug-likeness (QED) is 0.445. The molecule has 0 saturated carbocycles. The van der Waals surface area contributed by atoms with E-state index in [4.69, 9.17) is 0 Å². The molecule has 0 spiro atoms. The van der Waals surface area contributed by atoms with Crippen molar-refractivity contribution in [1.29, 1.82) is 0 Å². The Morgan fingerprint density at radius 1 is 1.08 bits per heavy atom. The fourth-order valence-electron chi connectivity index (χ4n) is 2.14. The molecule has 0 saturated heterocycles. The Morgan fingerprint density at radius 3 is 2.28 bits per heavy atom. The van der Waals surface area contributed by atoms with Crippen LogP contribution in [0.2, 0.25) is 0 Å². The average molecular weight is 369 g/mol. The molecule has 1 unspecified atom stereocenters. The molecule has 0 fully saturated rings. The Kier molecular flexibility index (Phi) is 7.57. The minimum absolute atomic E-state index is 0.150. The van der Waals surface area contributed by atoms with E-state index in [1.54, 1.807) is 13.0 Å². The van der Waals surface area contributed by atoms with Crippen LogP contribution in [0.5, 0.6) is 0 Å². The van der Waals surface area contributed by atoms with Crippen LogP contribution in [0.3, 0.4) is 0 Å². The first-order valence-corrected chi connectivity index (χ1v) is 7.71. The van der Waals surface area contributed by atoms with Crippen molar-refractivity contribution < 1.29 is 26.3 Å². The second-order valence-corrected chi connectivity index (χ2v) is 5.60. The zero-order valence-corrected chi connectivity index (χ0v) is 13.9. The van der Waals surface area contributed by atoms with Gasteiger partial charge in [-0.15, -0.1) is 0 Å². The number of guanidine groups is 1. The highest BCUT2D eigenvalue weighted by molar-refractivity contribution is 5.79. The lowest BCUT2D eigenvalue weighted by Crippen LogP contribution is -2.39. The second-order valence-electron chi connectivity index (χ2n) is 5.60. The van der Waals surface area contributed by atoms with Gasteiger partial charge in [0.25, 0.3) is 0 Å². The van der Waals surface area contributed by atoms with Gasteiger partial charge in [0, 0.05) is 20.1 Å². The molecule has 9 heteroatoms. The molecule has 3 nitrogen and oxygen atoms in total. The smallest absolute Gasteiger partial charge is 0.356 e. The molecule has 1 aromatic carbocycles. The van der Waals surface area contributed by atoms with Gasteiger partial charge >= 0.3 is 12.4 Å². The maximum atomic E-state index is 12.7. The zero-order chi connectivity index (χ0) is 19.1. The third kappa shape index (κ3) is 8.13. The van der Waals surface area contributed by atoms with Gasteiger partial charge in [0.15, 0.2) is 5.96 Å². The van der Waals surface area contributed by atoms with E-state index >= 15 is 0 Å². The number of halogens is 6. The maximum Gasteiger partial charge on any atom is 0.416 e. The largest absolute Gasteiger partial charge is 0.416 e. The molecule has 1 atom stereocenters. The van der Waals surface area contributed by atoms with Crippen molar-refractivity contribution in [2.45, 2.75) is 38.0 Å². The lowest BCUT2D eigenvalue weighted by Gasteiger charge is -2.16. The van der Waals surface area contributed by atoms with Crippen LogP contribution in [0.4, 0.5) is 26.3 Å². The molecule has 25 heavy (non-hydrogen) atoms. The van der Waals surface area contributed by atoms with Gasteiger partial charge in [-0.25, -0.2) is 0 Å². The summed E-state index contributed by atoms with van der Waals surface area (Å²) in [5, 5.41) is 5.39. The summed E-state index contributed by atoms with van der Waals surface area (Å²) in [5.74, 6) is 0.0728. The van der Waals surface area contributed by atoms with Gasteiger partial charge in [-0.3, -0.25) is 4.99 Å². The van der Waals surface area contributed by atoms with Crippen molar-refractivity contribution in [3.63, 3.8) is 0 Å². The molecule has 0 bridgehead atoms. The third-order valence-electron chi connectivity index (χ3n) is 3.58. The van der Waals surface area contributed by atoms with E-state index < -0.39 is 24.3 Å². The number of nitrogens with one attached hydrogen (secondary N) is 2. The molecule has 0 amide bonds. The van der Waals surface area contributed by atoms with Crippen molar-refractivity contribution in [3.8, 4) is 0 Å². The van der Waals surface area contributed by atoms with E-state index in [1.807, 2.05) is 0 Å². The minimum atomic E-state index is -4.39. The van der Waals surface area contributed by atoms with Crippen LogP contribution in [0.25, 0.3) is 0 Å². The van der Waals surface area contributed by atoms with Crippen molar-refractivity contribution >= 4 is 5.96 Å². The molecule has 0 radical (unpaired) electrons. The van der Waals surface area contributed by atoms with Crippen molar-refractivity contribution in [1.82, 2.24) is 10.6 Å². The highest BCUT2D eigenvalue weighted by Gasteiger charge is 2.30. The zero-order valence-electron chi connectivity index (χ0n) is 13.9. The van der Waals surface area contributed by atoms with Gasteiger partial charge in [-0.05, 0) is 24.0 Å². The maximum absolute atomic E-state index is 12.7. The molecule has 0 aromatic heterocycles. The molecule has 0 aliphatic heterocycles. The van der Waals surface area contributed by atoms with Gasteiger partial charge in [0.05, 0.1) is 12.0 Å². The lowest BCUT2D eigenvalue weighted by molar-refractivity contribution is -0.137. The number of benzene rings is 1. The number of aliphatic imine (C=N–C) groups is 1. The second kappa shape index (κ2) is 8.96. The van der Waals surface area contributed by atoms with E-state index in [9.17, 15) is 26.3 Å². The number of rotatable bonds is 6. The fraction of sp³-hybridized carbons (Fsp3) is 0.562. The van der Waals surface area contributed by atoms with E-state index in [1.165, 1.54) is 13.1 Å². The van der Waals surface area contributed by atoms with Crippen LogP contribution in [-0.4, -0.2) is 32.3 Å². The van der Waals surface area contributed by atoms with Gasteiger partial charge in [0.2, 0.25) is 0 Å². The molecule has 2 N–H and O–H groups in total. The molecule has 1 aromatic rings. The van der Waals surface area contributed by atoms with E-state index in [0.29, 0.717) is 18.5 Å². The Hall–Kier alpha value is -1.93. The molecule has 0 aliphatic rings. The lowest BCUT2D eigenvalue weighted by atomic mass is 9.96. The number of hydrogen-bond donors (Lipinski definition) is 2. The van der Waals surface area contributed by atoms with Crippen LogP contribution < -0.4 is 10.6 Å². The van der Waals surface area contributed by atoms with Crippen LogP contribution in [-0.2, 0) is 6.18 Å². The van der Waals surface area contributed by atoms with E-state index in [0.717, 1.165) is 12.1 Å². The van der Waals surface area contributed by atoms with E-state index in [-0.39, 0.29) is 18.4 Å². The van der Waals surface area contributed by atoms with Gasteiger partial charge in [-0.1, -0.05) is 25.1 Å². The van der Waals surface area contributed by atoms with Crippen molar-refractivity contribution in [2.24, 2.45) is 4.99 Å². The summed E-state index contributed by atoms with van der Waals surface area (Å²) in [7, 11) is 1.43. The van der Waals surface area contributed by atoms with Crippen LogP contribution in [0.15, 0.2) is 29.3 Å². The highest BCUT2D eigenvalue weighted by Crippen LogP contribution is 2.31. The Bertz CT molecular complexity index is 566. The summed E-state index contributed by atoms with van der Waals surface area (Å²) in [5.41, 5.74) is -0.147. The Labute approximate surface area is 142 Å². The van der Waals surface area contributed by atoms with E-state index in [2.05, 4.69) is 15.6 Å². The Morgan fingerprint density at radius 2 is 1.72 bits per heavy atom. The van der Waals surface area contributed by atoms with Gasteiger partial charge in [0.1, 0.15) is 0 Å².